The lowest BCUT2D eigenvalue weighted by Gasteiger charge is -2.11. The number of fused-ring (bicyclic) bond motifs is 1. The summed E-state index contributed by atoms with van der Waals surface area (Å²) < 4.78 is 10.4. The number of epoxide rings is 1. The van der Waals surface area contributed by atoms with Crippen LogP contribution >= 0.6 is 0 Å². The van der Waals surface area contributed by atoms with Gasteiger partial charge in [0.15, 0.2) is 0 Å². The van der Waals surface area contributed by atoms with Gasteiger partial charge in [-0.1, -0.05) is 0 Å². The summed E-state index contributed by atoms with van der Waals surface area (Å²) >= 11 is 0. The van der Waals surface area contributed by atoms with Gasteiger partial charge in [0, 0.05) is 18.4 Å². The summed E-state index contributed by atoms with van der Waals surface area (Å²) in [5, 5.41) is 0. The summed E-state index contributed by atoms with van der Waals surface area (Å²) in [7, 11) is 0. The molecule has 3 aliphatic rings. The molecule has 1 aliphatic carbocycles. The Kier molecular flexibility index (Phi) is 0.966. The molecule has 0 N–H and O–H groups in total. The van der Waals surface area contributed by atoms with Gasteiger partial charge >= 0.3 is 5.97 Å². The van der Waals surface area contributed by atoms with Crippen LogP contribution in [-0.4, -0.2) is 24.3 Å². The fourth-order valence-electron chi connectivity index (χ4n) is 2.17. The highest BCUT2D eigenvalue weighted by Crippen LogP contribution is 2.50. The molecule has 3 nitrogen and oxygen atoms in total. The van der Waals surface area contributed by atoms with Crippen molar-refractivity contribution in [3.05, 3.63) is 11.1 Å². The average molecular weight is 166 g/mol. The van der Waals surface area contributed by atoms with Crippen LogP contribution in [0.4, 0.5) is 0 Å². The normalized spacial score (nSPS) is 43.8. The van der Waals surface area contributed by atoms with E-state index >= 15 is 0 Å². The molecule has 3 heteroatoms. The van der Waals surface area contributed by atoms with Crippen molar-refractivity contribution in [2.24, 2.45) is 0 Å². The minimum absolute atomic E-state index is 0.0345. The predicted octanol–water partition coefficient (Wildman–Crippen LogP) is 0.791. The van der Waals surface area contributed by atoms with E-state index in [2.05, 4.69) is 6.92 Å². The lowest BCUT2D eigenvalue weighted by Crippen LogP contribution is -2.18. The van der Waals surface area contributed by atoms with Gasteiger partial charge in [-0.3, -0.25) is 0 Å². The number of rotatable bonds is 0. The second-order valence-electron chi connectivity index (χ2n) is 3.96. The quantitative estimate of drug-likeness (QED) is 0.394. The van der Waals surface area contributed by atoms with Crippen LogP contribution < -0.4 is 0 Å². The van der Waals surface area contributed by atoms with Crippen molar-refractivity contribution in [2.75, 3.05) is 6.61 Å². The topological polar surface area (TPSA) is 38.8 Å². The summed E-state index contributed by atoms with van der Waals surface area (Å²) in [6.45, 7) is 2.60. The van der Waals surface area contributed by atoms with Crippen LogP contribution in [0.15, 0.2) is 11.1 Å². The first-order valence-electron chi connectivity index (χ1n) is 4.25. The number of hydrogen-bond acceptors (Lipinski definition) is 3. The van der Waals surface area contributed by atoms with E-state index in [-0.39, 0.29) is 17.7 Å². The molecule has 64 valence electrons. The van der Waals surface area contributed by atoms with E-state index in [0.717, 1.165) is 24.0 Å². The Morgan fingerprint density at radius 1 is 1.58 bits per heavy atom. The van der Waals surface area contributed by atoms with E-state index in [4.69, 9.17) is 9.47 Å². The van der Waals surface area contributed by atoms with Gasteiger partial charge in [0.25, 0.3) is 0 Å². The minimum atomic E-state index is -0.123. The molecule has 2 atom stereocenters. The molecule has 1 saturated heterocycles. The van der Waals surface area contributed by atoms with E-state index in [1.807, 2.05) is 0 Å². The molecule has 12 heavy (non-hydrogen) atoms. The van der Waals surface area contributed by atoms with Gasteiger partial charge in [0.1, 0.15) is 6.61 Å². The average Bonchev–Trinajstić information content (AvgIpc) is 2.57. The van der Waals surface area contributed by atoms with Crippen molar-refractivity contribution in [1.29, 1.82) is 0 Å². The smallest absolute Gasteiger partial charge is 0.334 e. The summed E-state index contributed by atoms with van der Waals surface area (Å²) in [4.78, 5) is 11.1. The molecule has 0 saturated carbocycles. The molecule has 0 radical (unpaired) electrons. The molecule has 0 aromatic carbocycles. The zero-order valence-electron chi connectivity index (χ0n) is 6.92. The summed E-state index contributed by atoms with van der Waals surface area (Å²) in [5.41, 5.74) is 2.08. The fourth-order valence-corrected chi connectivity index (χ4v) is 2.17. The van der Waals surface area contributed by atoms with E-state index in [1.165, 1.54) is 0 Å². The van der Waals surface area contributed by atoms with Crippen molar-refractivity contribution in [3.8, 4) is 0 Å². The molecular formula is C9H10O3. The third kappa shape index (κ3) is 0.672. The Balaban J connectivity index is 1.98. The van der Waals surface area contributed by atoms with E-state index in [1.54, 1.807) is 0 Å². The Morgan fingerprint density at radius 3 is 3.25 bits per heavy atom. The van der Waals surface area contributed by atoms with Crippen LogP contribution in [0.5, 0.6) is 0 Å². The lowest BCUT2D eigenvalue weighted by atomic mass is 9.86. The van der Waals surface area contributed by atoms with Gasteiger partial charge in [-0.05, 0) is 12.5 Å². The first kappa shape index (κ1) is 6.66. The molecular weight excluding hydrogens is 156 g/mol. The molecule has 0 unspecified atom stereocenters. The molecule has 3 rings (SSSR count). The van der Waals surface area contributed by atoms with E-state index in [0.29, 0.717) is 6.61 Å². The number of cyclic esters (lactones) is 1. The highest BCUT2D eigenvalue weighted by Gasteiger charge is 2.57. The van der Waals surface area contributed by atoms with Crippen LogP contribution in [-0.2, 0) is 14.3 Å². The van der Waals surface area contributed by atoms with Crippen LogP contribution in [0.1, 0.15) is 19.8 Å². The minimum Gasteiger partial charge on any atom is -0.458 e. The maximum Gasteiger partial charge on any atom is 0.334 e. The monoisotopic (exact) mass is 166 g/mol. The Labute approximate surface area is 70.3 Å². The molecule has 0 spiro atoms. The SMILES string of the molecule is C[C@]12CC3=C(C[C@H]1O2)C(=O)OC3. The fraction of sp³-hybridized carbons (Fsp3) is 0.667. The summed E-state index contributed by atoms with van der Waals surface area (Å²) in [6, 6.07) is 0. The second-order valence-corrected chi connectivity index (χ2v) is 3.96. The number of carbonyl (C=O) groups excluding carboxylic acids is 1. The third-order valence-electron chi connectivity index (χ3n) is 3.04. The Hall–Kier alpha value is -0.830. The van der Waals surface area contributed by atoms with Crippen molar-refractivity contribution in [2.45, 2.75) is 31.5 Å². The number of hydrogen-bond donors (Lipinski definition) is 0. The summed E-state index contributed by atoms with van der Waals surface area (Å²) in [6.07, 6.45) is 1.94. The van der Waals surface area contributed by atoms with Crippen molar-refractivity contribution < 1.29 is 14.3 Å². The van der Waals surface area contributed by atoms with Gasteiger partial charge < -0.3 is 9.47 Å². The maximum absolute atomic E-state index is 11.1. The molecule has 0 aromatic heterocycles. The number of ether oxygens (including phenoxy) is 2. The van der Waals surface area contributed by atoms with E-state index in [9.17, 15) is 4.79 Å². The number of carbonyl (C=O) groups is 1. The van der Waals surface area contributed by atoms with Gasteiger partial charge in [0.05, 0.1) is 11.7 Å². The molecule has 0 aromatic rings. The molecule has 1 fully saturated rings. The van der Waals surface area contributed by atoms with Crippen molar-refractivity contribution in [1.82, 2.24) is 0 Å². The van der Waals surface area contributed by atoms with Crippen LogP contribution in [0.2, 0.25) is 0 Å². The largest absolute Gasteiger partial charge is 0.458 e. The molecule has 2 aliphatic heterocycles. The van der Waals surface area contributed by atoms with E-state index < -0.39 is 0 Å². The zero-order chi connectivity index (χ0) is 8.34. The first-order chi connectivity index (χ1) is 5.69. The van der Waals surface area contributed by atoms with Gasteiger partial charge in [-0.25, -0.2) is 4.79 Å². The molecule has 2 heterocycles. The third-order valence-corrected chi connectivity index (χ3v) is 3.04. The number of esters is 1. The van der Waals surface area contributed by atoms with Crippen LogP contribution in [0.25, 0.3) is 0 Å². The Morgan fingerprint density at radius 2 is 2.42 bits per heavy atom. The Bertz CT molecular complexity index is 305. The zero-order valence-corrected chi connectivity index (χ0v) is 6.92. The standard InChI is InChI=1S/C9H10O3/c1-9-3-5-4-11-8(10)6(5)2-7(9)12-9/h7H,2-4H2,1H3/t7-,9+/m1/s1. The van der Waals surface area contributed by atoms with Crippen LogP contribution in [0.3, 0.4) is 0 Å². The first-order valence-corrected chi connectivity index (χ1v) is 4.25. The van der Waals surface area contributed by atoms with Crippen molar-refractivity contribution >= 4 is 5.97 Å². The maximum atomic E-state index is 11.1. The van der Waals surface area contributed by atoms with Crippen LogP contribution in [0, 0.1) is 0 Å². The van der Waals surface area contributed by atoms with Gasteiger partial charge in [-0.2, -0.15) is 0 Å². The lowest BCUT2D eigenvalue weighted by molar-refractivity contribution is -0.136. The van der Waals surface area contributed by atoms with Gasteiger partial charge in [0.2, 0.25) is 0 Å². The molecule has 0 bridgehead atoms. The second kappa shape index (κ2) is 1.74. The molecule has 0 amide bonds. The van der Waals surface area contributed by atoms with Crippen molar-refractivity contribution in [3.63, 3.8) is 0 Å². The van der Waals surface area contributed by atoms with Gasteiger partial charge in [-0.15, -0.1) is 0 Å². The predicted molar refractivity (Wildman–Crippen MR) is 40.5 cm³/mol. The highest BCUT2D eigenvalue weighted by atomic mass is 16.6. The summed E-state index contributed by atoms with van der Waals surface area (Å²) in [5.74, 6) is -0.123. The highest BCUT2D eigenvalue weighted by molar-refractivity contribution is 5.92.